The Balaban J connectivity index is 0.000000482. The number of Topliss-reactive ketones (excluding diaryl/α,β-unsaturated/α-hetero) is 2. The lowest BCUT2D eigenvalue weighted by Crippen LogP contribution is -2.62. The summed E-state index contributed by atoms with van der Waals surface area (Å²) in [6.07, 6.45) is 9.12. The number of ketones is 2. The number of ether oxygens (including phenoxy) is 5. The van der Waals surface area contributed by atoms with E-state index in [1.807, 2.05) is 6.92 Å². The molecule has 3 amide bonds. The lowest BCUT2D eigenvalue weighted by Gasteiger charge is -2.63. The molecule has 0 aromatic carbocycles. The maximum absolute atomic E-state index is 12.6. The molecular formula is C53H91N3O16. The summed E-state index contributed by atoms with van der Waals surface area (Å²) in [6, 6.07) is -0.945. The Hall–Kier alpha value is -3.59. The summed E-state index contributed by atoms with van der Waals surface area (Å²) in [4.78, 5) is 81.1. The Morgan fingerprint density at radius 3 is 2.00 bits per heavy atom. The maximum atomic E-state index is 12.6. The van der Waals surface area contributed by atoms with Gasteiger partial charge in [0.05, 0.1) is 51.3 Å². The second kappa shape index (κ2) is 32.7. The minimum atomic E-state index is -1.08. The monoisotopic (exact) mass is 1030 g/mol. The fourth-order valence-electron chi connectivity index (χ4n) is 12.1. The van der Waals surface area contributed by atoms with Crippen molar-refractivity contribution in [3.05, 3.63) is 0 Å². The highest BCUT2D eigenvalue weighted by molar-refractivity contribution is 5.86. The van der Waals surface area contributed by atoms with Gasteiger partial charge in [0.2, 0.25) is 17.7 Å². The smallest absolute Gasteiger partial charge is 0.326 e. The van der Waals surface area contributed by atoms with E-state index in [2.05, 4.69) is 36.7 Å². The summed E-state index contributed by atoms with van der Waals surface area (Å²) in [7, 11) is 0. The van der Waals surface area contributed by atoms with Crippen LogP contribution in [-0.2, 0) is 57.2 Å². The predicted octanol–water partition coefficient (Wildman–Crippen LogP) is 4.65. The van der Waals surface area contributed by atoms with Gasteiger partial charge in [0.1, 0.15) is 25.9 Å². The quantitative estimate of drug-likeness (QED) is 0.0432. The first-order valence-electron chi connectivity index (χ1n) is 26.9. The summed E-state index contributed by atoms with van der Waals surface area (Å²) in [5.74, 6) is -1.38. The second-order valence-corrected chi connectivity index (χ2v) is 21.0. The van der Waals surface area contributed by atoms with Crippen molar-refractivity contribution >= 4 is 41.2 Å². The zero-order chi connectivity index (χ0) is 53.3. The maximum Gasteiger partial charge on any atom is 0.326 e. The summed E-state index contributed by atoms with van der Waals surface area (Å²) in [5.41, 5.74) is -0.340. The van der Waals surface area contributed by atoms with Gasteiger partial charge in [-0.1, -0.05) is 41.5 Å². The molecule has 0 spiro atoms. The number of fused-ring (bicyclic) bond motifs is 5. The molecule has 72 heavy (non-hydrogen) atoms. The second-order valence-electron chi connectivity index (χ2n) is 21.0. The van der Waals surface area contributed by atoms with Gasteiger partial charge >= 0.3 is 11.9 Å². The van der Waals surface area contributed by atoms with Crippen LogP contribution in [0.15, 0.2) is 0 Å². The molecule has 0 bridgehead atoms. The van der Waals surface area contributed by atoms with Gasteiger partial charge < -0.3 is 60.1 Å². The summed E-state index contributed by atoms with van der Waals surface area (Å²) in [6.45, 7) is 15.3. The first-order valence-corrected chi connectivity index (χ1v) is 26.9. The molecule has 19 nitrogen and oxygen atoms in total. The van der Waals surface area contributed by atoms with Gasteiger partial charge in [0.15, 0.2) is 11.6 Å². The Morgan fingerprint density at radius 2 is 1.33 bits per heavy atom. The largest absolute Gasteiger partial charge is 0.481 e. The van der Waals surface area contributed by atoms with Gasteiger partial charge in [-0.25, -0.2) is 4.79 Å². The summed E-state index contributed by atoms with van der Waals surface area (Å²) in [5, 5.41) is 49.7. The highest BCUT2D eigenvalue weighted by Crippen LogP contribution is 2.68. The van der Waals surface area contributed by atoms with Gasteiger partial charge in [-0.05, 0) is 123 Å². The minimum absolute atomic E-state index is 0.0218. The van der Waals surface area contributed by atoms with Crippen LogP contribution < -0.4 is 16.0 Å². The molecule has 0 aromatic heterocycles. The Kier molecular flexibility index (Phi) is 28.4. The van der Waals surface area contributed by atoms with Crippen LogP contribution >= 0.6 is 0 Å². The highest BCUT2D eigenvalue weighted by Gasteiger charge is 2.65. The van der Waals surface area contributed by atoms with E-state index in [9.17, 15) is 48.9 Å². The van der Waals surface area contributed by atoms with Crippen molar-refractivity contribution < 1.29 is 77.7 Å². The first kappa shape index (κ1) is 62.7. The number of carboxylic acid groups (broad SMARTS) is 2. The summed E-state index contributed by atoms with van der Waals surface area (Å²) >= 11 is 0. The summed E-state index contributed by atoms with van der Waals surface area (Å²) < 4.78 is 27.0. The van der Waals surface area contributed by atoms with Crippen LogP contribution in [0.25, 0.3) is 0 Å². The number of carbonyl (C=O) groups excluding carboxylic acids is 5. The molecule has 4 aliphatic rings. The van der Waals surface area contributed by atoms with E-state index in [0.29, 0.717) is 104 Å². The highest BCUT2D eigenvalue weighted by atomic mass is 16.5. The van der Waals surface area contributed by atoms with Gasteiger partial charge in [-0.15, -0.1) is 0 Å². The van der Waals surface area contributed by atoms with Gasteiger partial charge in [0.25, 0.3) is 0 Å². The number of amides is 3. The van der Waals surface area contributed by atoms with E-state index in [-0.39, 0.29) is 115 Å². The number of nitrogens with one attached hydrogen (secondary N) is 3. The Morgan fingerprint density at radius 1 is 0.653 bits per heavy atom. The Bertz CT molecular complexity index is 1700. The van der Waals surface area contributed by atoms with Crippen molar-refractivity contribution in [2.24, 2.45) is 46.3 Å². The molecule has 414 valence electrons. The number of aliphatic hydroxyl groups excluding tert-OH is 2. The number of aliphatic hydroxyl groups is 2. The molecule has 0 saturated heterocycles. The first-order chi connectivity index (χ1) is 34.3. The molecule has 0 radical (unpaired) electrons. The van der Waals surface area contributed by atoms with Gasteiger partial charge in [-0.2, -0.15) is 0 Å². The van der Waals surface area contributed by atoms with Gasteiger partial charge in [0, 0.05) is 51.8 Å². The Labute approximate surface area is 427 Å². The molecule has 7 N–H and O–H groups in total. The number of aliphatic carboxylic acids is 2. The van der Waals surface area contributed by atoms with Crippen molar-refractivity contribution in [1.29, 1.82) is 0 Å². The third kappa shape index (κ3) is 19.9. The van der Waals surface area contributed by atoms with Crippen LogP contribution in [0.4, 0.5) is 0 Å². The van der Waals surface area contributed by atoms with Crippen LogP contribution in [0.3, 0.4) is 0 Å². The average Bonchev–Trinajstić information content (AvgIpc) is 3.71. The van der Waals surface area contributed by atoms with E-state index in [1.165, 1.54) is 0 Å². The molecule has 1 unspecified atom stereocenters. The van der Waals surface area contributed by atoms with E-state index >= 15 is 0 Å². The molecule has 0 heterocycles. The van der Waals surface area contributed by atoms with E-state index in [4.69, 9.17) is 28.8 Å². The zero-order valence-corrected chi connectivity index (χ0v) is 44.3. The van der Waals surface area contributed by atoms with Crippen LogP contribution in [0.2, 0.25) is 0 Å². The molecule has 4 rings (SSSR count). The number of carboxylic acids is 2. The fourth-order valence-corrected chi connectivity index (χ4v) is 12.1. The lowest BCUT2D eigenvalue weighted by atomic mass is 9.43. The van der Waals surface area contributed by atoms with Crippen LogP contribution in [0.1, 0.15) is 151 Å². The van der Waals surface area contributed by atoms with Crippen LogP contribution in [0.5, 0.6) is 0 Å². The normalized spacial score (nSPS) is 28.2. The number of rotatable bonds is 34. The minimum Gasteiger partial charge on any atom is -0.481 e. The molecule has 19 heteroatoms. The zero-order valence-electron chi connectivity index (χ0n) is 44.3. The van der Waals surface area contributed by atoms with Crippen molar-refractivity contribution in [3.63, 3.8) is 0 Å². The third-order valence-corrected chi connectivity index (χ3v) is 16.2. The molecule has 0 aliphatic heterocycles. The number of unbranched alkanes of at least 4 members (excludes halogenated alkanes) is 1. The molecule has 4 aliphatic carbocycles. The molecule has 12 atom stereocenters. The molecular weight excluding hydrogens is 935 g/mol. The van der Waals surface area contributed by atoms with E-state index < -0.39 is 36.1 Å². The number of hydrogen-bond donors (Lipinski definition) is 7. The van der Waals surface area contributed by atoms with Crippen molar-refractivity contribution in [1.82, 2.24) is 16.0 Å². The van der Waals surface area contributed by atoms with Crippen LogP contribution in [0, 0.1) is 46.3 Å². The molecule has 4 saturated carbocycles. The van der Waals surface area contributed by atoms with Crippen LogP contribution in [-0.4, -0.2) is 159 Å². The number of carbonyl (C=O) groups is 7. The molecule has 4 fully saturated rings. The van der Waals surface area contributed by atoms with E-state index in [1.54, 1.807) is 13.8 Å². The lowest BCUT2D eigenvalue weighted by molar-refractivity contribution is -0.209. The number of hydrogen-bond acceptors (Lipinski definition) is 14. The topological polar surface area (TPSA) is 283 Å². The van der Waals surface area contributed by atoms with Crippen molar-refractivity contribution in [2.45, 2.75) is 175 Å². The molecule has 0 aromatic rings. The van der Waals surface area contributed by atoms with Crippen molar-refractivity contribution in [2.75, 3.05) is 72.6 Å². The SMILES string of the molecule is CCC(=O)COCCOCCNC(=O)CCC(=O)CO[C@H]1CC[C@@]2(C)[C@@H](C1)C[C@@H](O)[C@H]1C3CC[C@H]([C@H](C)CCC(=O)O)[C@@]3(C)[C@@H](O)C[C@@H]12.CCCOCCOCC(=O)N[C@@H](CCCCNC(=O)CC)C(=O)O. The fraction of sp³-hybridized carbons (Fsp3) is 0.868. The van der Waals surface area contributed by atoms with Crippen molar-refractivity contribution in [3.8, 4) is 0 Å². The third-order valence-electron chi connectivity index (χ3n) is 16.2. The van der Waals surface area contributed by atoms with E-state index in [0.717, 1.165) is 38.5 Å². The average molecular weight is 1030 g/mol. The van der Waals surface area contributed by atoms with Gasteiger partial charge in [-0.3, -0.25) is 28.8 Å². The predicted molar refractivity (Wildman–Crippen MR) is 267 cm³/mol. The standard InChI is InChI=1S/C37H61NO10.C16H30N2O6/c1-5-25(39)21-47-17-16-46-15-14-38-33(43)10-7-26(40)22-48-27-12-13-36(3)24(18-27)19-31(41)35-29-9-8-28(23(2)6-11-34(44)45)37(29,4)32(42)20-30(35)36;1-3-9-23-10-11-24-12-15(20)18-13(16(21)22)7-5-6-8-17-14(19)4-2/h23-24,27-32,35,41-42H,5-22H2,1-4H3,(H,38,43)(H,44,45);13H,3-12H2,1-2H3,(H,17,19)(H,18,20)(H,21,22)/t23-,24+,27+,28-,29?,30+,31-,32+,35+,36+,37-;13-/m10/s1.